The second kappa shape index (κ2) is 8.55. The number of anilines is 1. The van der Waals surface area contributed by atoms with Crippen LogP contribution in [0.1, 0.15) is 12.5 Å². The predicted molar refractivity (Wildman–Crippen MR) is 87.2 cm³/mol. The Kier molecular flexibility index (Phi) is 6.38. The molecule has 0 unspecified atom stereocenters. The molecule has 0 saturated carbocycles. The minimum absolute atomic E-state index is 0.571. The average molecular weight is 306 g/mol. The molecule has 0 fully saturated rings. The summed E-state index contributed by atoms with van der Waals surface area (Å²) in [4.78, 5) is 0. The lowest BCUT2D eigenvalue weighted by molar-refractivity contribution is 0.110. The first-order chi connectivity index (χ1) is 10.3. The summed E-state index contributed by atoms with van der Waals surface area (Å²) in [6.45, 7) is 4.62. The molecule has 0 aliphatic rings. The summed E-state index contributed by atoms with van der Waals surface area (Å²) < 4.78 is 10.9. The minimum atomic E-state index is 0.571. The fourth-order valence-corrected chi connectivity index (χ4v) is 2.01. The zero-order chi connectivity index (χ0) is 14.9. The second-order valence-corrected chi connectivity index (χ2v) is 4.99. The highest BCUT2D eigenvalue weighted by atomic mass is 35.5. The van der Waals surface area contributed by atoms with Crippen molar-refractivity contribution in [2.24, 2.45) is 0 Å². The minimum Gasteiger partial charge on any atom is -0.491 e. The molecular weight excluding hydrogens is 286 g/mol. The van der Waals surface area contributed by atoms with Gasteiger partial charge in [0.05, 0.1) is 6.61 Å². The van der Waals surface area contributed by atoms with Gasteiger partial charge in [-0.05, 0) is 48.9 Å². The summed E-state index contributed by atoms with van der Waals surface area (Å²) in [5.74, 6) is 0.866. The van der Waals surface area contributed by atoms with Gasteiger partial charge in [0.1, 0.15) is 12.4 Å². The van der Waals surface area contributed by atoms with Crippen molar-refractivity contribution in [1.29, 1.82) is 0 Å². The Hall–Kier alpha value is -1.71. The number of rotatable bonds is 8. The van der Waals surface area contributed by atoms with Crippen LogP contribution in [-0.4, -0.2) is 19.8 Å². The molecular formula is C17H20ClNO2. The van der Waals surface area contributed by atoms with E-state index in [4.69, 9.17) is 21.1 Å². The zero-order valence-corrected chi connectivity index (χ0v) is 12.9. The van der Waals surface area contributed by atoms with E-state index in [9.17, 15) is 0 Å². The number of halogens is 1. The van der Waals surface area contributed by atoms with Crippen molar-refractivity contribution in [3.05, 3.63) is 59.1 Å². The van der Waals surface area contributed by atoms with E-state index >= 15 is 0 Å². The van der Waals surface area contributed by atoms with Gasteiger partial charge in [-0.1, -0.05) is 23.7 Å². The molecule has 21 heavy (non-hydrogen) atoms. The van der Waals surface area contributed by atoms with Crippen molar-refractivity contribution < 1.29 is 9.47 Å². The fourth-order valence-electron chi connectivity index (χ4n) is 1.88. The second-order valence-electron chi connectivity index (χ2n) is 4.55. The van der Waals surface area contributed by atoms with Gasteiger partial charge >= 0.3 is 0 Å². The van der Waals surface area contributed by atoms with Gasteiger partial charge in [-0.25, -0.2) is 0 Å². The quantitative estimate of drug-likeness (QED) is 0.735. The van der Waals surface area contributed by atoms with E-state index in [2.05, 4.69) is 11.4 Å². The molecule has 0 amide bonds. The Bertz CT molecular complexity index is 543. The van der Waals surface area contributed by atoms with Crippen molar-refractivity contribution in [2.45, 2.75) is 13.5 Å². The van der Waals surface area contributed by atoms with Gasteiger partial charge < -0.3 is 14.8 Å². The van der Waals surface area contributed by atoms with Crippen molar-refractivity contribution >= 4 is 17.3 Å². The molecule has 2 aromatic carbocycles. The van der Waals surface area contributed by atoms with Gasteiger partial charge in [0.25, 0.3) is 0 Å². The van der Waals surface area contributed by atoms with Crippen LogP contribution in [0.25, 0.3) is 0 Å². The Labute approximate surface area is 130 Å². The topological polar surface area (TPSA) is 30.5 Å². The van der Waals surface area contributed by atoms with Crippen molar-refractivity contribution in [2.75, 3.05) is 25.1 Å². The van der Waals surface area contributed by atoms with Crippen molar-refractivity contribution in [3.63, 3.8) is 0 Å². The third-order valence-corrected chi connectivity index (χ3v) is 3.19. The summed E-state index contributed by atoms with van der Waals surface area (Å²) in [5, 5.41) is 4.09. The van der Waals surface area contributed by atoms with Crippen LogP contribution in [0.3, 0.4) is 0 Å². The first-order valence-corrected chi connectivity index (χ1v) is 7.44. The molecule has 0 atom stereocenters. The Balaban J connectivity index is 1.84. The molecule has 3 nitrogen and oxygen atoms in total. The molecule has 4 heteroatoms. The SMILES string of the molecule is CCOCCOc1cccc(CNc2ccc(Cl)cc2)c1. The molecule has 0 saturated heterocycles. The van der Waals surface area contributed by atoms with E-state index < -0.39 is 0 Å². The van der Waals surface area contributed by atoms with Crippen LogP contribution in [0.4, 0.5) is 5.69 Å². The maximum atomic E-state index is 5.87. The standard InChI is InChI=1S/C17H20ClNO2/c1-2-20-10-11-21-17-5-3-4-14(12-17)13-19-16-8-6-15(18)7-9-16/h3-9,12,19H,2,10-11,13H2,1H3. The van der Waals surface area contributed by atoms with Crippen LogP contribution in [0.2, 0.25) is 5.02 Å². The van der Waals surface area contributed by atoms with Crippen LogP contribution in [0.15, 0.2) is 48.5 Å². The van der Waals surface area contributed by atoms with Gasteiger partial charge in [0, 0.05) is 23.9 Å². The third kappa shape index (κ3) is 5.66. The largest absolute Gasteiger partial charge is 0.491 e. The number of ether oxygens (including phenoxy) is 2. The molecule has 0 bridgehead atoms. The molecule has 2 rings (SSSR count). The Morgan fingerprint density at radius 1 is 1.05 bits per heavy atom. The van der Waals surface area contributed by atoms with E-state index in [0.29, 0.717) is 19.8 Å². The number of benzene rings is 2. The van der Waals surface area contributed by atoms with Crippen LogP contribution in [-0.2, 0) is 11.3 Å². The molecule has 2 aromatic rings. The van der Waals surface area contributed by atoms with Crippen molar-refractivity contribution in [1.82, 2.24) is 0 Å². The van der Waals surface area contributed by atoms with E-state index in [0.717, 1.165) is 23.0 Å². The molecule has 0 heterocycles. The van der Waals surface area contributed by atoms with Gasteiger partial charge in [-0.2, -0.15) is 0 Å². The highest BCUT2D eigenvalue weighted by Gasteiger charge is 1.98. The highest BCUT2D eigenvalue weighted by Crippen LogP contribution is 2.17. The molecule has 1 N–H and O–H groups in total. The Morgan fingerprint density at radius 3 is 2.62 bits per heavy atom. The molecule has 0 aliphatic carbocycles. The molecule has 0 radical (unpaired) electrons. The van der Waals surface area contributed by atoms with Crippen LogP contribution >= 0.6 is 11.6 Å². The van der Waals surface area contributed by atoms with Gasteiger partial charge in [0.2, 0.25) is 0 Å². The number of hydrogen-bond donors (Lipinski definition) is 1. The van der Waals surface area contributed by atoms with Gasteiger partial charge in [-0.15, -0.1) is 0 Å². The van der Waals surface area contributed by atoms with Gasteiger partial charge in [-0.3, -0.25) is 0 Å². The van der Waals surface area contributed by atoms with E-state index in [1.165, 1.54) is 5.56 Å². The summed E-state index contributed by atoms with van der Waals surface area (Å²) in [6, 6.07) is 15.7. The summed E-state index contributed by atoms with van der Waals surface area (Å²) in [7, 11) is 0. The highest BCUT2D eigenvalue weighted by molar-refractivity contribution is 6.30. The number of nitrogens with one attached hydrogen (secondary N) is 1. The van der Waals surface area contributed by atoms with Gasteiger partial charge in [0.15, 0.2) is 0 Å². The van der Waals surface area contributed by atoms with Crippen LogP contribution < -0.4 is 10.1 Å². The lowest BCUT2D eigenvalue weighted by atomic mass is 10.2. The van der Waals surface area contributed by atoms with E-state index in [1.807, 2.05) is 49.4 Å². The first kappa shape index (κ1) is 15.7. The summed E-state index contributed by atoms with van der Waals surface area (Å²) in [5.41, 5.74) is 2.21. The fraction of sp³-hybridized carbons (Fsp3) is 0.294. The first-order valence-electron chi connectivity index (χ1n) is 7.07. The summed E-state index contributed by atoms with van der Waals surface area (Å²) in [6.07, 6.45) is 0. The maximum absolute atomic E-state index is 5.87. The van der Waals surface area contributed by atoms with Crippen LogP contribution in [0.5, 0.6) is 5.75 Å². The van der Waals surface area contributed by atoms with E-state index in [1.54, 1.807) is 0 Å². The smallest absolute Gasteiger partial charge is 0.119 e. The summed E-state index contributed by atoms with van der Waals surface area (Å²) >= 11 is 5.87. The predicted octanol–water partition coefficient (Wildman–Crippen LogP) is 4.37. The molecule has 112 valence electrons. The third-order valence-electron chi connectivity index (χ3n) is 2.94. The van der Waals surface area contributed by atoms with E-state index in [-0.39, 0.29) is 0 Å². The monoisotopic (exact) mass is 305 g/mol. The molecule has 0 aromatic heterocycles. The lowest BCUT2D eigenvalue weighted by Crippen LogP contribution is -2.06. The zero-order valence-electron chi connectivity index (χ0n) is 12.1. The average Bonchev–Trinajstić information content (AvgIpc) is 2.52. The Morgan fingerprint density at radius 2 is 1.86 bits per heavy atom. The lowest BCUT2D eigenvalue weighted by Gasteiger charge is -2.10. The maximum Gasteiger partial charge on any atom is 0.119 e. The molecule has 0 aliphatic heterocycles. The molecule has 0 spiro atoms. The van der Waals surface area contributed by atoms with Crippen LogP contribution in [0, 0.1) is 0 Å². The van der Waals surface area contributed by atoms with Crippen molar-refractivity contribution in [3.8, 4) is 5.75 Å². The number of hydrogen-bond acceptors (Lipinski definition) is 3. The normalized spacial score (nSPS) is 10.4.